The van der Waals surface area contributed by atoms with Gasteiger partial charge in [0.05, 0.1) is 13.0 Å². The molecule has 1 aliphatic rings. The van der Waals surface area contributed by atoms with Crippen molar-refractivity contribution in [3.8, 4) is 0 Å². The minimum absolute atomic E-state index is 0.114. The molecule has 0 amide bonds. The molecule has 0 aromatic heterocycles. The van der Waals surface area contributed by atoms with Gasteiger partial charge in [0.15, 0.2) is 0 Å². The molecule has 0 aliphatic carbocycles. The first-order chi connectivity index (χ1) is 12.6. The van der Waals surface area contributed by atoms with Gasteiger partial charge in [-0.2, -0.15) is 0 Å². The van der Waals surface area contributed by atoms with E-state index in [1.54, 1.807) is 42.5 Å². The highest BCUT2D eigenvalue weighted by Crippen LogP contribution is 2.37. The number of esters is 1. The van der Waals surface area contributed by atoms with E-state index in [4.69, 9.17) is 9.47 Å². The van der Waals surface area contributed by atoms with Gasteiger partial charge < -0.3 is 9.47 Å². The first kappa shape index (κ1) is 17.6. The van der Waals surface area contributed by atoms with Crippen LogP contribution in [0.3, 0.4) is 0 Å². The summed E-state index contributed by atoms with van der Waals surface area (Å²) in [7, 11) is 1.24. The molecule has 7 heteroatoms. The maximum Gasteiger partial charge on any atom is 0.338 e. The molecule has 1 aliphatic heterocycles. The van der Waals surface area contributed by atoms with E-state index < -0.39 is 28.9 Å². The summed E-state index contributed by atoms with van der Waals surface area (Å²) in [6.07, 6.45) is 0. The van der Waals surface area contributed by atoms with Crippen LogP contribution in [0.4, 0.5) is 0 Å². The number of ether oxygens (including phenoxy) is 2. The average Bonchev–Trinajstić information content (AvgIpc) is 3.13. The van der Waals surface area contributed by atoms with Gasteiger partial charge in [0, 0.05) is 10.5 Å². The third-order valence-electron chi connectivity index (χ3n) is 4.40. The Morgan fingerprint density at radius 2 is 1.85 bits per heavy atom. The van der Waals surface area contributed by atoms with E-state index >= 15 is 0 Å². The first-order valence-electron chi connectivity index (χ1n) is 8.10. The molecule has 0 saturated heterocycles. The molecule has 0 spiro atoms. The van der Waals surface area contributed by atoms with Gasteiger partial charge in [-0.1, -0.05) is 48.5 Å². The number of carbonyl (C=O) groups excluding carboxylic acids is 1. The molecule has 2 aromatic carbocycles. The van der Waals surface area contributed by atoms with Gasteiger partial charge in [-0.15, -0.1) is 0 Å². The van der Waals surface area contributed by atoms with Gasteiger partial charge in [0.1, 0.15) is 6.61 Å². The second-order valence-corrected chi connectivity index (χ2v) is 5.97. The van der Waals surface area contributed by atoms with Crippen LogP contribution in [0.1, 0.15) is 17.0 Å². The van der Waals surface area contributed by atoms with Crippen LogP contribution >= 0.6 is 0 Å². The maximum absolute atomic E-state index is 12.7. The van der Waals surface area contributed by atoms with Crippen LogP contribution in [0.15, 0.2) is 65.7 Å². The lowest BCUT2D eigenvalue weighted by molar-refractivity contribution is -0.484. The Morgan fingerprint density at radius 3 is 2.42 bits per heavy atom. The molecule has 0 unspecified atom stereocenters. The normalized spacial score (nSPS) is 20.0. The molecule has 0 bridgehead atoms. The molecule has 26 heavy (non-hydrogen) atoms. The molecule has 0 radical (unpaired) electrons. The van der Waals surface area contributed by atoms with Crippen LogP contribution in [0.2, 0.25) is 0 Å². The molecule has 0 N–H and O–H groups in total. The summed E-state index contributed by atoms with van der Waals surface area (Å²) in [4.78, 5) is 28.0. The SMILES string of the molecule is COC(=O)[C@@]1([C@@H](C[N+](=O)[O-])c2ccccc2)COC(c2ccccc2)=N1. The second-order valence-electron chi connectivity index (χ2n) is 5.97. The molecule has 0 saturated carbocycles. The molecule has 7 nitrogen and oxygen atoms in total. The predicted molar refractivity (Wildman–Crippen MR) is 94.7 cm³/mol. The first-order valence-corrected chi connectivity index (χ1v) is 8.10. The van der Waals surface area contributed by atoms with Crippen LogP contribution in [0.5, 0.6) is 0 Å². The molecule has 0 fully saturated rings. The third kappa shape index (κ3) is 3.28. The zero-order chi connectivity index (χ0) is 18.6. The third-order valence-corrected chi connectivity index (χ3v) is 4.40. The Balaban J connectivity index is 2.11. The van der Waals surface area contributed by atoms with Crippen LogP contribution in [0, 0.1) is 10.1 Å². The van der Waals surface area contributed by atoms with Gasteiger partial charge in [-0.25, -0.2) is 9.79 Å². The highest BCUT2D eigenvalue weighted by Gasteiger charge is 2.54. The smallest absolute Gasteiger partial charge is 0.338 e. The quantitative estimate of drug-likeness (QED) is 0.451. The van der Waals surface area contributed by atoms with E-state index in [0.717, 1.165) is 0 Å². The standard InChI is InChI=1S/C19H18N2O5/c1-25-18(22)19(13-26-17(20-19)15-10-6-3-7-11-15)16(12-21(23)24)14-8-4-2-5-9-14/h2-11,16H,12-13H2,1H3/t16-,19-/m0/s1. The summed E-state index contributed by atoms with van der Waals surface area (Å²) >= 11 is 0. The van der Waals surface area contributed by atoms with Crippen molar-refractivity contribution in [2.45, 2.75) is 11.5 Å². The Morgan fingerprint density at radius 1 is 1.23 bits per heavy atom. The average molecular weight is 354 g/mol. The number of rotatable bonds is 6. The zero-order valence-electron chi connectivity index (χ0n) is 14.2. The van der Waals surface area contributed by atoms with Gasteiger partial charge in [0.2, 0.25) is 18.0 Å². The fraction of sp³-hybridized carbons (Fsp3) is 0.263. The van der Waals surface area contributed by atoms with Crippen molar-refractivity contribution in [3.63, 3.8) is 0 Å². The lowest BCUT2D eigenvalue weighted by atomic mass is 9.80. The highest BCUT2D eigenvalue weighted by molar-refractivity contribution is 5.99. The molecule has 2 aromatic rings. The van der Waals surface area contributed by atoms with Crippen molar-refractivity contribution in [2.75, 3.05) is 20.3 Å². The summed E-state index contributed by atoms with van der Waals surface area (Å²) < 4.78 is 10.6. The van der Waals surface area contributed by atoms with Gasteiger partial charge in [-0.05, 0) is 17.7 Å². The number of nitro groups is 1. The molecular formula is C19H18N2O5. The maximum atomic E-state index is 12.7. The van der Waals surface area contributed by atoms with Crippen molar-refractivity contribution in [1.82, 2.24) is 0 Å². The zero-order valence-corrected chi connectivity index (χ0v) is 14.2. The van der Waals surface area contributed by atoms with E-state index in [1.807, 2.05) is 18.2 Å². The number of methoxy groups -OCH3 is 1. The second kappa shape index (κ2) is 7.35. The predicted octanol–water partition coefficient (Wildman–Crippen LogP) is 2.44. The fourth-order valence-corrected chi connectivity index (χ4v) is 3.12. The number of hydrogen-bond acceptors (Lipinski definition) is 6. The van der Waals surface area contributed by atoms with Crippen molar-refractivity contribution in [1.29, 1.82) is 0 Å². The molecule has 134 valence electrons. The number of carbonyl (C=O) groups is 1. The lowest BCUT2D eigenvalue weighted by Crippen LogP contribution is -2.47. The number of benzene rings is 2. The highest BCUT2D eigenvalue weighted by atomic mass is 16.6. The Bertz CT molecular complexity index is 822. The Hall–Kier alpha value is -3.22. The summed E-state index contributed by atoms with van der Waals surface area (Å²) in [6.45, 7) is -0.578. The van der Waals surface area contributed by atoms with E-state index in [-0.39, 0.29) is 12.5 Å². The van der Waals surface area contributed by atoms with Crippen molar-refractivity contribution in [3.05, 3.63) is 81.9 Å². The summed E-state index contributed by atoms with van der Waals surface area (Å²) in [5.41, 5.74) is -0.170. The van der Waals surface area contributed by atoms with Gasteiger partial charge in [0.25, 0.3) is 0 Å². The topological polar surface area (TPSA) is 91.0 Å². The Kier molecular flexibility index (Phi) is 4.97. The van der Waals surface area contributed by atoms with Crippen molar-refractivity contribution >= 4 is 11.9 Å². The van der Waals surface area contributed by atoms with Crippen LogP contribution < -0.4 is 0 Å². The van der Waals surface area contributed by atoms with E-state index in [1.165, 1.54) is 7.11 Å². The molecule has 1 heterocycles. The van der Waals surface area contributed by atoms with Crippen LogP contribution in [-0.4, -0.2) is 42.6 Å². The molecular weight excluding hydrogens is 336 g/mol. The summed E-state index contributed by atoms with van der Waals surface area (Å²) in [5, 5.41) is 11.3. The minimum Gasteiger partial charge on any atom is -0.474 e. The minimum atomic E-state index is -1.51. The van der Waals surface area contributed by atoms with Crippen molar-refractivity contribution in [2.24, 2.45) is 4.99 Å². The number of hydrogen-bond donors (Lipinski definition) is 0. The van der Waals surface area contributed by atoms with E-state index in [9.17, 15) is 14.9 Å². The van der Waals surface area contributed by atoms with E-state index in [2.05, 4.69) is 4.99 Å². The summed E-state index contributed by atoms with van der Waals surface area (Å²) in [6, 6.07) is 17.9. The Labute approximate surface area is 150 Å². The van der Waals surface area contributed by atoms with E-state index in [0.29, 0.717) is 11.1 Å². The number of aliphatic imine (C=N–C) groups is 1. The molecule has 3 rings (SSSR count). The summed E-state index contributed by atoms with van der Waals surface area (Å²) in [5.74, 6) is -1.19. The van der Waals surface area contributed by atoms with Gasteiger partial charge >= 0.3 is 5.97 Å². The molecule has 2 atom stereocenters. The monoisotopic (exact) mass is 354 g/mol. The lowest BCUT2D eigenvalue weighted by Gasteiger charge is -2.28. The largest absolute Gasteiger partial charge is 0.474 e. The van der Waals surface area contributed by atoms with Crippen LogP contribution in [-0.2, 0) is 14.3 Å². The van der Waals surface area contributed by atoms with Gasteiger partial charge in [-0.3, -0.25) is 10.1 Å². The fourth-order valence-electron chi connectivity index (χ4n) is 3.12. The van der Waals surface area contributed by atoms with Crippen LogP contribution in [0.25, 0.3) is 0 Å². The number of nitrogens with zero attached hydrogens (tertiary/aromatic N) is 2. The van der Waals surface area contributed by atoms with Crippen molar-refractivity contribution < 1.29 is 19.2 Å².